The molecule has 2 aromatic carbocycles. The smallest absolute Gasteiger partial charge is 0.349 e. The fourth-order valence-electron chi connectivity index (χ4n) is 3.76. The van der Waals surface area contributed by atoms with Gasteiger partial charge in [0, 0.05) is 0 Å². The van der Waals surface area contributed by atoms with Gasteiger partial charge < -0.3 is 15.6 Å². The van der Waals surface area contributed by atoms with E-state index < -0.39 is 5.69 Å². The number of nitrogens with two attached hydrogens (primary N) is 1. The van der Waals surface area contributed by atoms with Gasteiger partial charge in [-0.25, -0.2) is 9.48 Å². The monoisotopic (exact) mass is 387 g/mol. The highest BCUT2D eigenvalue weighted by Crippen LogP contribution is 2.49. The van der Waals surface area contributed by atoms with E-state index in [2.05, 4.69) is 15.1 Å². The molecule has 0 aliphatic carbocycles. The summed E-state index contributed by atoms with van der Waals surface area (Å²) in [5, 5.41) is 14.4. The lowest BCUT2D eigenvalue weighted by molar-refractivity contribution is 0.401. The summed E-state index contributed by atoms with van der Waals surface area (Å²) >= 11 is 0. The van der Waals surface area contributed by atoms with Crippen LogP contribution in [0.5, 0.6) is 17.5 Å². The number of nitrogens with zero attached hydrogens (tertiary/aromatic N) is 3. The minimum atomic E-state index is -0.586. The molecule has 0 amide bonds. The lowest BCUT2D eigenvalue weighted by Gasteiger charge is -2.27. The summed E-state index contributed by atoms with van der Waals surface area (Å²) in [5.74, 6) is 0.614. The fourth-order valence-corrected chi connectivity index (χ4v) is 3.76. The number of aromatic amines is 1. The normalized spacial score (nSPS) is 14.7. The molecule has 8 nitrogen and oxygen atoms in total. The van der Waals surface area contributed by atoms with Crippen molar-refractivity contribution in [2.75, 3.05) is 5.73 Å². The molecule has 4 N–H and O–H groups in total. The molecule has 0 saturated heterocycles. The molecule has 0 bridgehead atoms. The largest absolute Gasteiger partial charge is 0.508 e. The molecule has 3 heterocycles. The Morgan fingerprint density at radius 2 is 1.83 bits per heavy atom. The second kappa shape index (κ2) is 6.23. The molecule has 1 aliphatic rings. The predicted octanol–water partition coefficient (Wildman–Crippen LogP) is 2.84. The number of phenolic OH excluding ortho intramolecular Hbond substituents is 1. The van der Waals surface area contributed by atoms with Gasteiger partial charge in [0.05, 0.1) is 28.4 Å². The van der Waals surface area contributed by atoms with Gasteiger partial charge in [0.25, 0.3) is 0 Å². The van der Waals surface area contributed by atoms with Crippen molar-refractivity contribution >= 4 is 5.82 Å². The molecule has 0 spiro atoms. The number of hydrogen-bond acceptors (Lipinski definition) is 6. The maximum atomic E-state index is 11.9. The molecule has 0 radical (unpaired) electrons. The van der Waals surface area contributed by atoms with Crippen molar-refractivity contribution in [2.24, 2.45) is 0 Å². The lowest BCUT2D eigenvalue weighted by atomic mass is 9.84. The van der Waals surface area contributed by atoms with Crippen LogP contribution in [0.25, 0.3) is 5.69 Å². The van der Waals surface area contributed by atoms with Crippen LogP contribution < -0.4 is 16.2 Å². The lowest BCUT2D eigenvalue weighted by Crippen LogP contribution is -2.22. The molecule has 1 aliphatic heterocycles. The van der Waals surface area contributed by atoms with E-state index >= 15 is 0 Å². The number of H-pyrrole nitrogens is 1. The number of rotatable bonds is 2. The molecule has 144 valence electrons. The van der Waals surface area contributed by atoms with Gasteiger partial charge in [-0.05, 0) is 36.8 Å². The zero-order chi connectivity index (χ0) is 20.1. The Labute approximate surface area is 165 Å². The summed E-state index contributed by atoms with van der Waals surface area (Å²) in [5.41, 5.74) is 9.43. The van der Waals surface area contributed by atoms with Crippen LogP contribution in [0.2, 0.25) is 0 Å². The van der Waals surface area contributed by atoms with E-state index in [-0.39, 0.29) is 23.4 Å². The van der Waals surface area contributed by atoms with E-state index in [1.807, 2.05) is 49.4 Å². The van der Waals surface area contributed by atoms with E-state index in [0.29, 0.717) is 11.4 Å². The maximum Gasteiger partial charge on any atom is 0.349 e. The van der Waals surface area contributed by atoms with E-state index in [4.69, 9.17) is 10.5 Å². The van der Waals surface area contributed by atoms with Gasteiger partial charge in [-0.15, -0.1) is 0 Å². The van der Waals surface area contributed by atoms with Crippen LogP contribution in [0.15, 0.2) is 59.4 Å². The third-order valence-electron chi connectivity index (χ3n) is 5.03. The molecule has 1 atom stereocenters. The highest BCUT2D eigenvalue weighted by Gasteiger charge is 2.37. The summed E-state index contributed by atoms with van der Waals surface area (Å²) in [6.07, 6.45) is 0. The first-order valence-corrected chi connectivity index (χ1v) is 9.04. The molecule has 2 aromatic heterocycles. The first-order chi connectivity index (χ1) is 14.0. The molecule has 4 aromatic rings. The third kappa shape index (κ3) is 2.65. The molecule has 0 saturated carbocycles. The Bertz CT molecular complexity index is 1280. The highest BCUT2D eigenvalue weighted by atomic mass is 16.5. The van der Waals surface area contributed by atoms with Crippen LogP contribution in [0.1, 0.15) is 28.3 Å². The van der Waals surface area contributed by atoms with Gasteiger partial charge in [0.1, 0.15) is 11.6 Å². The van der Waals surface area contributed by atoms with Gasteiger partial charge in [0.15, 0.2) is 0 Å². The Kier molecular flexibility index (Phi) is 3.67. The topological polar surface area (TPSA) is 119 Å². The Morgan fingerprint density at radius 1 is 1.10 bits per heavy atom. The van der Waals surface area contributed by atoms with Crippen molar-refractivity contribution < 1.29 is 9.84 Å². The van der Waals surface area contributed by atoms with Crippen molar-refractivity contribution in [1.82, 2.24) is 19.7 Å². The minimum Gasteiger partial charge on any atom is -0.508 e. The first kappa shape index (κ1) is 17.1. The van der Waals surface area contributed by atoms with Crippen molar-refractivity contribution in [3.8, 4) is 23.2 Å². The van der Waals surface area contributed by atoms with Crippen LogP contribution in [-0.4, -0.2) is 24.9 Å². The molecule has 8 heteroatoms. The summed E-state index contributed by atoms with van der Waals surface area (Å²) in [6, 6.07) is 16.4. The van der Waals surface area contributed by atoms with E-state index in [9.17, 15) is 9.90 Å². The molecule has 29 heavy (non-hydrogen) atoms. The molecule has 1 unspecified atom stereocenters. The van der Waals surface area contributed by atoms with Crippen LogP contribution in [0.3, 0.4) is 0 Å². The Hall–Kier alpha value is -4.07. The van der Waals surface area contributed by atoms with Crippen LogP contribution in [0, 0.1) is 6.92 Å². The predicted molar refractivity (Wildman–Crippen MR) is 107 cm³/mol. The number of anilines is 1. The van der Waals surface area contributed by atoms with E-state index in [0.717, 1.165) is 22.5 Å². The third-order valence-corrected chi connectivity index (χ3v) is 5.03. The molecular formula is C21H17N5O3. The molecular weight excluding hydrogens is 370 g/mol. The highest BCUT2D eigenvalue weighted by molar-refractivity contribution is 5.63. The van der Waals surface area contributed by atoms with Crippen molar-refractivity contribution in [1.29, 1.82) is 0 Å². The maximum absolute atomic E-state index is 11.9. The number of aromatic hydroxyl groups is 1. The number of ether oxygens (including phenoxy) is 1. The minimum absolute atomic E-state index is 0.147. The van der Waals surface area contributed by atoms with Gasteiger partial charge in [-0.2, -0.15) is 10.1 Å². The van der Waals surface area contributed by atoms with E-state index in [1.165, 1.54) is 0 Å². The second-order valence-electron chi connectivity index (χ2n) is 6.85. The number of aromatic nitrogens is 4. The number of phenols is 1. The number of aryl methyl sites for hydroxylation is 1. The Morgan fingerprint density at radius 3 is 2.55 bits per heavy atom. The Balaban J connectivity index is 1.81. The summed E-state index contributed by atoms with van der Waals surface area (Å²) in [7, 11) is 0. The summed E-state index contributed by atoms with van der Waals surface area (Å²) in [4.78, 5) is 18.5. The number of benzene rings is 2. The van der Waals surface area contributed by atoms with E-state index in [1.54, 1.807) is 16.8 Å². The summed E-state index contributed by atoms with van der Waals surface area (Å²) in [6.45, 7) is 1.90. The standard InChI is InChI=1S/C21H17N5O3/c1-11-15-16(12-7-9-14(27)10-8-12)17-18(22)23-21(28)24-19(17)29-20(15)26(25-11)13-5-3-2-4-6-13/h2-10,16,27H,1H3,(H3,22,23,24,28). The fraction of sp³-hybridized carbons (Fsp3) is 0.0952. The van der Waals surface area contributed by atoms with Crippen molar-refractivity contribution in [3.05, 3.63) is 87.5 Å². The van der Waals surface area contributed by atoms with Gasteiger partial charge in [-0.1, -0.05) is 30.3 Å². The number of para-hydroxylation sites is 1. The molecule has 0 fully saturated rings. The van der Waals surface area contributed by atoms with Gasteiger partial charge in [-0.3, -0.25) is 4.98 Å². The quantitative estimate of drug-likeness (QED) is 0.428. The van der Waals surface area contributed by atoms with Gasteiger partial charge in [0.2, 0.25) is 11.8 Å². The number of nitrogen functional groups attached to an aromatic ring is 1. The van der Waals surface area contributed by atoms with Crippen molar-refractivity contribution in [3.63, 3.8) is 0 Å². The number of hydrogen-bond donors (Lipinski definition) is 3. The number of nitrogens with one attached hydrogen (secondary N) is 1. The average Bonchev–Trinajstić information content (AvgIpc) is 3.04. The average molecular weight is 387 g/mol. The zero-order valence-corrected chi connectivity index (χ0v) is 15.5. The summed E-state index contributed by atoms with van der Waals surface area (Å²) < 4.78 is 7.76. The number of fused-ring (bicyclic) bond motifs is 2. The second-order valence-corrected chi connectivity index (χ2v) is 6.85. The first-order valence-electron chi connectivity index (χ1n) is 9.04. The van der Waals surface area contributed by atoms with Gasteiger partial charge >= 0.3 is 5.69 Å². The van der Waals surface area contributed by atoms with Crippen LogP contribution >= 0.6 is 0 Å². The van der Waals surface area contributed by atoms with Crippen LogP contribution in [0.4, 0.5) is 5.82 Å². The molecule has 5 rings (SSSR count). The van der Waals surface area contributed by atoms with Crippen molar-refractivity contribution in [2.45, 2.75) is 12.8 Å². The SMILES string of the molecule is Cc1nn(-c2ccccc2)c2c1C(c1ccc(O)cc1)c1c(nc(=O)[nH]c1N)O2. The van der Waals surface area contributed by atoms with Crippen LogP contribution in [-0.2, 0) is 0 Å². The zero-order valence-electron chi connectivity index (χ0n) is 15.5.